The molecule has 1 aliphatic rings. The molecule has 2 aromatic rings. The monoisotopic (exact) mass is 409 g/mol. The largest absolute Gasteiger partial charge is 0.485 e. The number of aliphatic imine (C=N–C) groups is 1. The Balaban J connectivity index is 0.000000575. The normalized spacial score (nSPS) is 18.9. The van der Waals surface area contributed by atoms with Crippen LogP contribution < -0.4 is 16.2 Å². The topological polar surface area (TPSA) is 73.6 Å². The van der Waals surface area contributed by atoms with E-state index in [1.54, 1.807) is 14.0 Å². The van der Waals surface area contributed by atoms with Gasteiger partial charge in [0.2, 0.25) is 0 Å². The first-order chi connectivity index (χ1) is 14.6. The Morgan fingerprint density at radius 1 is 1.10 bits per heavy atom. The van der Waals surface area contributed by atoms with Crippen molar-refractivity contribution in [3.63, 3.8) is 0 Å². The van der Waals surface area contributed by atoms with Crippen molar-refractivity contribution in [1.29, 1.82) is 0 Å². The van der Waals surface area contributed by atoms with E-state index < -0.39 is 0 Å². The third-order valence-electron chi connectivity index (χ3n) is 5.85. The first-order valence-corrected chi connectivity index (χ1v) is 11.3. The summed E-state index contributed by atoms with van der Waals surface area (Å²) >= 11 is 0. The SMILES string of the molecule is CCCC(CN)CCC[C@@H]1Cc2ccccc2C1Oc1ccccc1.CN=C(C)N. The lowest BCUT2D eigenvalue weighted by atomic mass is 9.91. The van der Waals surface area contributed by atoms with E-state index in [0.717, 1.165) is 18.7 Å². The maximum atomic E-state index is 6.42. The van der Waals surface area contributed by atoms with Gasteiger partial charge in [0, 0.05) is 13.0 Å². The van der Waals surface area contributed by atoms with Gasteiger partial charge in [0.25, 0.3) is 0 Å². The van der Waals surface area contributed by atoms with Crippen molar-refractivity contribution in [2.45, 2.75) is 58.5 Å². The fourth-order valence-electron chi connectivity index (χ4n) is 4.16. The summed E-state index contributed by atoms with van der Waals surface area (Å²) in [5.74, 6) is 2.85. The van der Waals surface area contributed by atoms with Crippen LogP contribution in [0.25, 0.3) is 0 Å². The Kier molecular flexibility index (Phi) is 10.4. The van der Waals surface area contributed by atoms with Gasteiger partial charge in [0.05, 0.1) is 5.84 Å². The summed E-state index contributed by atoms with van der Waals surface area (Å²) in [6, 6.07) is 19.0. The van der Waals surface area contributed by atoms with Crippen LogP contribution >= 0.6 is 0 Å². The number of hydrogen-bond acceptors (Lipinski definition) is 3. The second-order valence-electron chi connectivity index (χ2n) is 8.20. The van der Waals surface area contributed by atoms with Crippen molar-refractivity contribution in [2.75, 3.05) is 13.6 Å². The number of fused-ring (bicyclic) bond motifs is 1. The lowest BCUT2D eigenvalue weighted by Crippen LogP contribution is -2.17. The Morgan fingerprint density at radius 3 is 2.40 bits per heavy atom. The van der Waals surface area contributed by atoms with Gasteiger partial charge < -0.3 is 16.2 Å². The van der Waals surface area contributed by atoms with Crippen LogP contribution in [0.3, 0.4) is 0 Å². The van der Waals surface area contributed by atoms with E-state index in [-0.39, 0.29) is 6.10 Å². The van der Waals surface area contributed by atoms with E-state index in [2.05, 4.69) is 48.3 Å². The molecule has 0 spiro atoms. The molecule has 164 valence electrons. The molecule has 0 aliphatic heterocycles. The molecule has 3 rings (SSSR count). The number of nitrogens with zero attached hydrogens (tertiary/aromatic N) is 1. The predicted octanol–water partition coefficient (Wildman–Crippen LogP) is 5.52. The summed E-state index contributed by atoms with van der Waals surface area (Å²) in [5.41, 5.74) is 13.8. The first-order valence-electron chi connectivity index (χ1n) is 11.3. The molecule has 0 fully saturated rings. The predicted molar refractivity (Wildman–Crippen MR) is 128 cm³/mol. The van der Waals surface area contributed by atoms with E-state index in [1.807, 2.05) is 18.2 Å². The van der Waals surface area contributed by atoms with Crippen LogP contribution in [0.15, 0.2) is 59.6 Å². The third-order valence-corrected chi connectivity index (χ3v) is 5.85. The fourth-order valence-corrected chi connectivity index (χ4v) is 4.16. The lowest BCUT2D eigenvalue weighted by molar-refractivity contribution is 0.140. The highest BCUT2D eigenvalue weighted by molar-refractivity contribution is 5.77. The van der Waals surface area contributed by atoms with Crippen molar-refractivity contribution in [1.82, 2.24) is 0 Å². The highest BCUT2D eigenvalue weighted by Gasteiger charge is 2.33. The van der Waals surface area contributed by atoms with Crippen LogP contribution in [0.4, 0.5) is 0 Å². The lowest BCUT2D eigenvalue weighted by Gasteiger charge is -2.23. The van der Waals surface area contributed by atoms with Gasteiger partial charge >= 0.3 is 0 Å². The highest BCUT2D eigenvalue weighted by atomic mass is 16.5. The smallest absolute Gasteiger partial charge is 0.127 e. The summed E-state index contributed by atoms with van der Waals surface area (Å²) in [6.45, 7) is 4.82. The molecule has 0 aromatic heterocycles. The average molecular weight is 410 g/mol. The van der Waals surface area contributed by atoms with E-state index in [0.29, 0.717) is 17.7 Å². The molecule has 30 heavy (non-hydrogen) atoms. The zero-order chi connectivity index (χ0) is 21.8. The van der Waals surface area contributed by atoms with Crippen LogP contribution in [0, 0.1) is 11.8 Å². The minimum absolute atomic E-state index is 0.182. The molecule has 2 aromatic carbocycles. The van der Waals surface area contributed by atoms with Crippen LogP contribution in [-0.4, -0.2) is 19.4 Å². The number of rotatable bonds is 9. The molecule has 3 atom stereocenters. The van der Waals surface area contributed by atoms with Crippen LogP contribution in [-0.2, 0) is 6.42 Å². The van der Waals surface area contributed by atoms with E-state index >= 15 is 0 Å². The van der Waals surface area contributed by atoms with Crippen LogP contribution in [0.2, 0.25) is 0 Å². The summed E-state index contributed by atoms with van der Waals surface area (Å²) in [7, 11) is 1.66. The van der Waals surface area contributed by atoms with Crippen LogP contribution in [0.5, 0.6) is 5.75 Å². The van der Waals surface area contributed by atoms with Gasteiger partial charge in [0.1, 0.15) is 11.9 Å². The Labute approximate surface area is 182 Å². The van der Waals surface area contributed by atoms with E-state index in [9.17, 15) is 0 Å². The Bertz CT molecular complexity index is 756. The Morgan fingerprint density at radius 2 is 1.77 bits per heavy atom. The molecule has 0 amide bonds. The number of ether oxygens (including phenoxy) is 1. The molecule has 1 aliphatic carbocycles. The third kappa shape index (κ3) is 7.49. The summed E-state index contributed by atoms with van der Waals surface area (Å²) in [5, 5.41) is 0. The van der Waals surface area contributed by atoms with Crippen molar-refractivity contribution < 1.29 is 4.74 Å². The maximum absolute atomic E-state index is 6.42. The number of amidine groups is 1. The molecular weight excluding hydrogens is 370 g/mol. The number of para-hydroxylation sites is 1. The average Bonchev–Trinajstić information content (AvgIpc) is 3.11. The van der Waals surface area contributed by atoms with Crippen molar-refractivity contribution in [3.8, 4) is 5.75 Å². The van der Waals surface area contributed by atoms with E-state index in [4.69, 9.17) is 16.2 Å². The number of nitrogens with two attached hydrogens (primary N) is 2. The molecule has 4 heteroatoms. The maximum Gasteiger partial charge on any atom is 0.127 e. The zero-order valence-corrected chi connectivity index (χ0v) is 18.9. The second-order valence-corrected chi connectivity index (χ2v) is 8.20. The molecule has 4 N–H and O–H groups in total. The van der Waals surface area contributed by atoms with Gasteiger partial charge in [-0.2, -0.15) is 0 Å². The van der Waals surface area contributed by atoms with Gasteiger partial charge in [-0.15, -0.1) is 0 Å². The van der Waals surface area contributed by atoms with Gasteiger partial charge in [0.15, 0.2) is 0 Å². The molecule has 0 bridgehead atoms. The molecule has 4 nitrogen and oxygen atoms in total. The molecule has 0 radical (unpaired) electrons. The summed E-state index contributed by atoms with van der Waals surface area (Å²) in [4.78, 5) is 3.58. The van der Waals surface area contributed by atoms with Gasteiger partial charge in [-0.05, 0) is 68.3 Å². The summed E-state index contributed by atoms with van der Waals surface area (Å²) < 4.78 is 6.42. The van der Waals surface area contributed by atoms with Crippen molar-refractivity contribution in [3.05, 3.63) is 65.7 Å². The van der Waals surface area contributed by atoms with Gasteiger partial charge in [-0.1, -0.05) is 62.2 Å². The van der Waals surface area contributed by atoms with Gasteiger partial charge in [-0.3, -0.25) is 4.99 Å². The van der Waals surface area contributed by atoms with Crippen LogP contribution in [0.1, 0.15) is 63.2 Å². The highest BCUT2D eigenvalue weighted by Crippen LogP contribution is 2.41. The first kappa shape index (κ1) is 23.9. The molecule has 0 heterocycles. The standard InChI is InChI=1S/C23H31NO.C3H8N2/c1-2-9-18(17-24)10-8-12-20-16-19-11-6-7-15-22(19)23(20)25-21-13-4-3-5-14-21;1-3(4)5-2/h3-7,11,13-15,18,20,23H,2,8-10,12,16-17,24H2,1H3;1-2H3,(H2,4,5)/t18?,20-,23?;/m1./s1. The minimum atomic E-state index is 0.182. The van der Waals surface area contributed by atoms with E-state index in [1.165, 1.54) is 43.2 Å². The van der Waals surface area contributed by atoms with Gasteiger partial charge in [-0.25, -0.2) is 0 Å². The van der Waals surface area contributed by atoms with Crippen molar-refractivity contribution >= 4 is 5.84 Å². The number of benzene rings is 2. The molecular formula is C26H39N3O. The fraction of sp³-hybridized carbons (Fsp3) is 0.500. The molecule has 0 saturated carbocycles. The Hall–Kier alpha value is -2.33. The zero-order valence-electron chi connectivity index (χ0n) is 18.9. The molecule has 0 saturated heterocycles. The quantitative estimate of drug-likeness (QED) is 0.423. The molecule has 2 unspecified atom stereocenters. The minimum Gasteiger partial charge on any atom is -0.485 e. The summed E-state index contributed by atoms with van der Waals surface area (Å²) in [6.07, 6.45) is 7.51. The second kappa shape index (κ2) is 13.1. The van der Waals surface area contributed by atoms with Crippen molar-refractivity contribution in [2.24, 2.45) is 28.3 Å². The number of hydrogen-bond donors (Lipinski definition) is 2.